The van der Waals surface area contributed by atoms with E-state index in [1.54, 1.807) is 42.2 Å². The van der Waals surface area contributed by atoms with Crippen LogP contribution in [-0.4, -0.2) is 29.8 Å². The summed E-state index contributed by atoms with van der Waals surface area (Å²) < 4.78 is 13.6. The predicted molar refractivity (Wildman–Crippen MR) is 108 cm³/mol. The molecule has 4 nitrogen and oxygen atoms in total. The average molecular weight is 423 g/mol. The van der Waals surface area contributed by atoms with Gasteiger partial charge >= 0.3 is 0 Å². The van der Waals surface area contributed by atoms with Crippen molar-refractivity contribution in [1.82, 2.24) is 10.2 Å². The van der Waals surface area contributed by atoms with Crippen LogP contribution in [0.1, 0.15) is 34.3 Å². The van der Waals surface area contributed by atoms with Crippen molar-refractivity contribution < 1.29 is 14.0 Å². The molecule has 0 unspecified atom stereocenters. The van der Waals surface area contributed by atoms with Gasteiger partial charge in [-0.1, -0.05) is 35.3 Å². The Balaban J connectivity index is 1.53. The highest BCUT2D eigenvalue weighted by molar-refractivity contribution is 6.35. The van der Waals surface area contributed by atoms with Crippen molar-refractivity contribution >= 4 is 35.0 Å². The minimum Gasteiger partial charge on any atom is -0.352 e. The maximum absolute atomic E-state index is 13.6. The van der Waals surface area contributed by atoms with Gasteiger partial charge in [0, 0.05) is 30.6 Å². The van der Waals surface area contributed by atoms with Gasteiger partial charge in [0.1, 0.15) is 5.82 Å². The first kappa shape index (κ1) is 20.6. The Morgan fingerprint density at radius 2 is 1.86 bits per heavy atom. The topological polar surface area (TPSA) is 49.4 Å². The zero-order chi connectivity index (χ0) is 20.3. The molecule has 2 aromatic carbocycles. The number of rotatable bonds is 4. The van der Waals surface area contributed by atoms with Crippen LogP contribution < -0.4 is 5.32 Å². The molecule has 1 saturated heterocycles. The molecular formula is C21H21Cl2FN2O2. The zero-order valence-electron chi connectivity index (χ0n) is 15.5. The lowest BCUT2D eigenvalue weighted by molar-refractivity contribution is -0.126. The molecule has 7 heteroatoms. The van der Waals surface area contributed by atoms with E-state index in [0.29, 0.717) is 47.1 Å². The van der Waals surface area contributed by atoms with E-state index in [2.05, 4.69) is 5.32 Å². The number of halogens is 3. The van der Waals surface area contributed by atoms with Crippen molar-refractivity contribution in [1.29, 1.82) is 0 Å². The van der Waals surface area contributed by atoms with Gasteiger partial charge in [0.15, 0.2) is 0 Å². The Morgan fingerprint density at radius 3 is 2.54 bits per heavy atom. The van der Waals surface area contributed by atoms with Gasteiger partial charge in [-0.3, -0.25) is 9.59 Å². The summed E-state index contributed by atoms with van der Waals surface area (Å²) in [5.41, 5.74) is 1.67. The molecule has 148 valence electrons. The Kier molecular flexibility index (Phi) is 6.57. The first-order valence-corrected chi connectivity index (χ1v) is 9.88. The van der Waals surface area contributed by atoms with E-state index in [4.69, 9.17) is 23.2 Å². The van der Waals surface area contributed by atoms with Gasteiger partial charge in [0.2, 0.25) is 5.91 Å². The monoisotopic (exact) mass is 422 g/mol. The van der Waals surface area contributed by atoms with Crippen LogP contribution in [0, 0.1) is 18.7 Å². The van der Waals surface area contributed by atoms with E-state index in [1.165, 1.54) is 6.07 Å². The van der Waals surface area contributed by atoms with E-state index < -0.39 is 0 Å². The number of hydrogen-bond acceptors (Lipinski definition) is 2. The molecule has 2 aromatic rings. The summed E-state index contributed by atoms with van der Waals surface area (Å²) in [6.07, 6.45) is 1.13. The lowest BCUT2D eigenvalue weighted by Crippen LogP contribution is -2.43. The first-order valence-electron chi connectivity index (χ1n) is 9.12. The van der Waals surface area contributed by atoms with Gasteiger partial charge in [-0.15, -0.1) is 0 Å². The van der Waals surface area contributed by atoms with Crippen LogP contribution in [0.3, 0.4) is 0 Å². The molecule has 28 heavy (non-hydrogen) atoms. The van der Waals surface area contributed by atoms with Crippen molar-refractivity contribution in [3.05, 3.63) is 69.0 Å². The number of hydrogen-bond donors (Lipinski definition) is 1. The van der Waals surface area contributed by atoms with Gasteiger partial charge in [-0.2, -0.15) is 0 Å². The molecule has 1 fully saturated rings. The van der Waals surface area contributed by atoms with Gasteiger partial charge < -0.3 is 10.2 Å². The van der Waals surface area contributed by atoms with E-state index in [1.807, 2.05) is 0 Å². The van der Waals surface area contributed by atoms with Crippen LogP contribution in [0.5, 0.6) is 0 Å². The number of piperidine rings is 1. The molecule has 2 amide bonds. The van der Waals surface area contributed by atoms with Gasteiger partial charge in [0.05, 0.1) is 10.6 Å². The number of aryl methyl sites for hydroxylation is 1. The Hall–Kier alpha value is -2.11. The second kappa shape index (κ2) is 8.93. The molecule has 1 N–H and O–H groups in total. The molecule has 0 spiro atoms. The van der Waals surface area contributed by atoms with Crippen molar-refractivity contribution in [3.8, 4) is 0 Å². The lowest BCUT2D eigenvalue weighted by atomic mass is 9.95. The van der Waals surface area contributed by atoms with Crippen molar-refractivity contribution in [3.63, 3.8) is 0 Å². The maximum atomic E-state index is 13.6. The van der Waals surface area contributed by atoms with E-state index in [-0.39, 0.29) is 30.1 Å². The third kappa shape index (κ3) is 4.83. The van der Waals surface area contributed by atoms with Crippen molar-refractivity contribution in [2.45, 2.75) is 26.3 Å². The number of amides is 2. The summed E-state index contributed by atoms with van der Waals surface area (Å²) in [7, 11) is 0. The van der Waals surface area contributed by atoms with Crippen LogP contribution in [0.15, 0.2) is 36.4 Å². The van der Waals surface area contributed by atoms with Gasteiger partial charge in [0.25, 0.3) is 5.91 Å². The van der Waals surface area contributed by atoms with Crippen LogP contribution in [0.4, 0.5) is 4.39 Å². The highest BCUT2D eigenvalue weighted by Gasteiger charge is 2.28. The summed E-state index contributed by atoms with van der Waals surface area (Å²) in [5, 5.41) is 3.67. The summed E-state index contributed by atoms with van der Waals surface area (Å²) >= 11 is 12.1. The fourth-order valence-electron chi connectivity index (χ4n) is 3.26. The number of nitrogens with zero attached hydrogens (tertiary/aromatic N) is 1. The lowest BCUT2D eigenvalue weighted by Gasteiger charge is -2.31. The number of carbonyl (C=O) groups is 2. The number of likely N-dealkylation sites (tertiary alicyclic amines) is 1. The zero-order valence-corrected chi connectivity index (χ0v) is 17.0. The summed E-state index contributed by atoms with van der Waals surface area (Å²) in [6, 6.07) is 9.73. The molecule has 0 aromatic heterocycles. The fraction of sp³-hybridized carbons (Fsp3) is 0.333. The summed E-state index contributed by atoms with van der Waals surface area (Å²) in [5.74, 6) is -0.706. The molecule has 1 heterocycles. The summed E-state index contributed by atoms with van der Waals surface area (Å²) in [6.45, 7) is 2.93. The van der Waals surface area contributed by atoms with E-state index >= 15 is 0 Å². The SMILES string of the molecule is Cc1ccc(CNC(=O)C2CCN(C(=O)c3cc(Cl)ccc3Cl)CC2)cc1F. The van der Waals surface area contributed by atoms with Gasteiger partial charge in [-0.25, -0.2) is 4.39 Å². The third-order valence-electron chi connectivity index (χ3n) is 5.01. The number of nitrogens with one attached hydrogen (secondary N) is 1. The fourth-order valence-corrected chi connectivity index (χ4v) is 3.63. The van der Waals surface area contributed by atoms with Gasteiger partial charge in [-0.05, 0) is 55.2 Å². The largest absolute Gasteiger partial charge is 0.352 e. The Labute approximate surface area is 173 Å². The van der Waals surface area contributed by atoms with Crippen LogP contribution in [0.2, 0.25) is 10.0 Å². The molecule has 3 rings (SSSR count). The number of carbonyl (C=O) groups excluding carboxylic acids is 2. The van der Waals surface area contributed by atoms with Crippen molar-refractivity contribution in [2.75, 3.05) is 13.1 Å². The smallest absolute Gasteiger partial charge is 0.255 e. The second-order valence-electron chi connectivity index (χ2n) is 6.99. The average Bonchev–Trinajstić information content (AvgIpc) is 2.70. The normalized spacial score (nSPS) is 14.8. The summed E-state index contributed by atoms with van der Waals surface area (Å²) in [4.78, 5) is 26.8. The predicted octanol–water partition coefficient (Wildman–Crippen LogP) is 4.61. The molecule has 0 aliphatic carbocycles. The Morgan fingerprint density at radius 1 is 1.14 bits per heavy atom. The highest BCUT2D eigenvalue weighted by Crippen LogP contribution is 2.25. The quantitative estimate of drug-likeness (QED) is 0.781. The third-order valence-corrected chi connectivity index (χ3v) is 5.58. The molecule has 0 saturated carbocycles. The van der Waals surface area contributed by atoms with Crippen molar-refractivity contribution in [2.24, 2.45) is 5.92 Å². The molecule has 0 radical (unpaired) electrons. The first-order chi connectivity index (χ1) is 13.3. The molecule has 0 atom stereocenters. The minimum atomic E-state index is -0.279. The molecule has 0 bridgehead atoms. The molecular weight excluding hydrogens is 402 g/mol. The van der Waals surface area contributed by atoms with Crippen LogP contribution in [0.25, 0.3) is 0 Å². The van der Waals surface area contributed by atoms with Crippen LogP contribution >= 0.6 is 23.2 Å². The van der Waals surface area contributed by atoms with E-state index in [9.17, 15) is 14.0 Å². The minimum absolute atomic E-state index is 0.0751. The second-order valence-corrected chi connectivity index (χ2v) is 7.84. The Bertz CT molecular complexity index is 896. The standard InChI is InChI=1S/C21H21Cl2FN2O2/c1-13-2-3-14(10-19(13)24)12-25-20(27)15-6-8-26(9-7-15)21(28)17-11-16(22)4-5-18(17)23/h2-5,10-11,15H,6-9,12H2,1H3,(H,25,27). The molecule has 1 aliphatic rings. The van der Waals surface area contributed by atoms with Crippen LogP contribution in [-0.2, 0) is 11.3 Å². The maximum Gasteiger partial charge on any atom is 0.255 e. The highest BCUT2D eigenvalue weighted by atomic mass is 35.5. The molecule has 1 aliphatic heterocycles. The number of benzene rings is 2. The van der Waals surface area contributed by atoms with E-state index in [0.717, 1.165) is 5.56 Å².